The largest absolute Gasteiger partial charge is 0.413 e. The highest BCUT2D eigenvalue weighted by atomic mass is 16.6. The summed E-state index contributed by atoms with van der Waals surface area (Å²) in [4.78, 5) is 19.0. The Kier molecular flexibility index (Phi) is 4.85. The van der Waals surface area contributed by atoms with Gasteiger partial charge in [-0.2, -0.15) is 0 Å². The molecule has 0 radical (unpaired) electrons. The van der Waals surface area contributed by atoms with Gasteiger partial charge >= 0.3 is 0 Å². The Morgan fingerprint density at radius 1 is 0.581 bits per heavy atom. The van der Waals surface area contributed by atoms with E-state index < -0.39 is 0 Å². The lowest BCUT2D eigenvalue weighted by Crippen LogP contribution is -2.27. The summed E-state index contributed by atoms with van der Waals surface area (Å²) in [6.07, 6.45) is 0. The molecule has 0 atom stereocenters. The molecule has 31 heavy (non-hydrogen) atoms. The molecule has 1 aromatic heterocycles. The van der Waals surface area contributed by atoms with E-state index in [0.29, 0.717) is 5.39 Å². The molecule has 0 fully saturated rings. The smallest absolute Gasteiger partial charge is 0.291 e. The first-order chi connectivity index (χ1) is 15.3. The van der Waals surface area contributed by atoms with Gasteiger partial charge in [-0.3, -0.25) is 4.79 Å². The van der Waals surface area contributed by atoms with Crippen LogP contribution in [0.15, 0.2) is 114 Å². The predicted molar refractivity (Wildman–Crippen MR) is 127 cm³/mol. The number of fused-ring (bicyclic) bond motifs is 1. The van der Waals surface area contributed by atoms with E-state index in [1.54, 1.807) is 0 Å². The van der Waals surface area contributed by atoms with Gasteiger partial charge in [-0.05, 0) is 34.2 Å². The molecule has 0 unspecified atom stereocenters. The lowest BCUT2D eigenvalue weighted by Gasteiger charge is -2.19. The number of nitrogens with zero attached hydrogens (tertiary/aromatic N) is 1. The number of pyridine rings is 1. The van der Waals surface area contributed by atoms with Gasteiger partial charge < -0.3 is 4.84 Å². The van der Waals surface area contributed by atoms with Crippen molar-refractivity contribution in [3.63, 3.8) is 0 Å². The van der Waals surface area contributed by atoms with Crippen LogP contribution in [0.4, 0.5) is 0 Å². The Morgan fingerprint density at radius 3 is 1.71 bits per heavy atom. The fourth-order valence-corrected chi connectivity index (χ4v) is 4.12. The van der Waals surface area contributed by atoms with Crippen LogP contribution < -0.4 is 10.4 Å². The minimum Gasteiger partial charge on any atom is -0.413 e. The van der Waals surface area contributed by atoms with Gasteiger partial charge in [-0.15, -0.1) is 4.73 Å². The summed E-state index contributed by atoms with van der Waals surface area (Å²) in [7, 11) is 1.53. The monoisotopic (exact) mass is 403 g/mol. The molecular weight excluding hydrogens is 382 g/mol. The summed E-state index contributed by atoms with van der Waals surface area (Å²) in [6.45, 7) is 0. The Morgan fingerprint density at radius 2 is 1.13 bits per heavy atom. The van der Waals surface area contributed by atoms with Crippen LogP contribution >= 0.6 is 0 Å². The number of aromatic nitrogens is 1. The molecule has 0 spiro atoms. The third-order valence-corrected chi connectivity index (χ3v) is 5.54. The molecule has 150 valence electrons. The van der Waals surface area contributed by atoms with Crippen molar-refractivity contribution in [1.29, 1.82) is 0 Å². The van der Waals surface area contributed by atoms with Crippen molar-refractivity contribution in [3.8, 4) is 33.5 Å². The third kappa shape index (κ3) is 3.30. The van der Waals surface area contributed by atoms with E-state index in [9.17, 15) is 4.79 Å². The molecular formula is C28H21NO2. The summed E-state index contributed by atoms with van der Waals surface area (Å²) in [5.41, 5.74) is 5.68. The lowest BCUT2D eigenvalue weighted by molar-refractivity contribution is 0.163. The number of rotatable bonds is 4. The molecule has 0 N–H and O–H groups in total. The topological polar surface area (TPSA) is 31.2 Å². The van der Waals surface area contributed by atoms with Crippen LogP contribution in [0, 0.1) is 0 Å². The van der Waals surface area contributed by atoms with Gasteiger partial charge in [0.25, 0.3) is 5.56 Å². The Labute approximate surface area is 180 Å². The quantitative estimate of drug-likeness (QED) is 0.365. The molecule has 5 rings (SSSR count). The molecule has 3 nitrogen and oxygen atoms in total. The number of hydrogen-bond donors (Lipinski definition) is 0. The van der Waals surface area contributed by atoms with E-state index in [4.69, 9.17) is 4.84 Å². The average molecular weight is 403 g/mol. The van der Waals surface area contributed by atoms with Crippen molar-refractivity contribution in [2.75, 3.05) is 7.11 Å². The lowest BCUT2D eigenvalue weighted by atomic mass is 9.92. The first kappa shape index (κ1) is 18.9. The van der Waals surface area contributed by atoms with Gasteiger partial charge in [-0.25, -0.2) is 0 Å². The molecule has 5 aromatic rings. The van der Waals surface area contributed by atoms with Crippen molar-refractivity contribution in [2.24, 2.45) is 0 Å². The number of benzene rings is 4. The van der Waals surface area contributed by atoms with Crippen molar-refractivity contribution < 1.29 is 4.84 Å². The van der Waals surface area contributed by atoms with Gasteiger partial charge in [-0.1, -0.05) is 97.1 Å². The van der Waals surface area contributed by atoms with E-state index in [1.807, 2.05) is 78.9 Å². The maximum absolute atomic E-state index is 13.4. The molecule has 0 aliphatic carbocycles. The maximum atomic E-state index is 13.4. The van der Waals surface area contributed by atoms with Crippen molar-refractivity contribution in [2.45, 2.75) is 0 Å². The average Bonchev–Trinajstić information content (AvgIpc) is 2.85. The molecule has 3 heteroatoms. The second-order valence-electron chi connectivity index (χ2n) is 7.36. The van der Waals surface area contributed by atoms with Crippen LogP contribution in [0.2, 0.25) is 0 Å². The fraction of sp³-hybridized carbons (Fsp3) is 0.0357. The molecule has 0 aliphatic heterocycles. The third-order valence-electron chi connectivity index (χ3n) is 5.54. The zero-order valence-corrected chi connectivity index (χ0v) is 17.2. The van der Waals surface area contributed by atoms with E-state index in [-0.39, 0.29) is 5.56 Å². The van der Waals surface area contributed by atoms with Gasteiger partial charge in [0.1, 0.15) is 7.11 Å². The highest BCUT2D eigenvalue weighted by Gasteiger charge is 2.20. The summed E-state index contributed by atoms with van der Waals surface area (Å²) in [5, 5.41) is 1.53. The van der Waals surface area contributed by atoms with E-state index >= 15 is 0 Å². The van der Waals surface area contributed by atoms with Crippen LogP contribution in [0.25, 0.3) is 44.3 Å². The van der Waals surface area contributed by atoms with E-state index in [1.165, 1.54) is 11.8 Å². The van der Waals surface area contributed by atoms with Crippen LogP contribution in [0.1, 0.15) is 0 Å². The Hall–Kier alpha value is -4.11. The Balaban J connectivity index is 1.95. The summed E-state index contributed by atoms with van der Waals surface area (Å²) in [6, 6.07) is 36.3. The van der Waals surface area contributed by atoms with Gasteiger partial charge in [0.15, 0.2) is 0 Å². The predicted octanol–water partition coefficient (Wildman–Crippen LogP) is 6.06. The van der Waals surface area contributed by atoms with Crippen LogP contribution in [-0.4, -0.2) is 11.8 Å². The van der Waals surface area contributed by atoms with Gasteiger partial charge in [0.2, 0.25) is 0 Å². The minimum absolute atomic E-state index is 0.171. The van der Waals surface area contributed by atoms with Crippen molar-refractivity contribution >= 4 is 10.8 Å². The second kappa shape index (κ2) is 7.96. The molecule has 0 saturated heterocycles. The molecule has 0 aliphatic rings. The molecule has 0 bridgehead atoms. The molecule has 4 aromatic carbocycles. The zero-order chi connectivity index (χ0) is 21.2. The van der Waals surface area contributed by atoms with Crippen molar-refractivity contribution in [1.82, 2.24) is 4.73 Å². The van der Waals surface area contributed by atoms with Gasteiger partial charge in [0, 0.05) is 11.1 Å². The van der Waals surface area contributed by atoms with Crippen LogP contribution in [-0.2, 0) is 0 Å². The standard InChI is InChI=1S/C28H21NO2/c1-31-29-27(22-15-9-4-10-16-22)26(21-13-7-3-8-14-21)25-19-23(17-18-24(25)28(29)30)20-11-5-2-6-12-20/h2-19H,1H3. The zero-order valence-electron chi connectivity index (χ0n) is 17.2. The normalized spacial score (nSPS) is 10.9. The van der Waals surface area contributed by atoms with E-state index in [2.05, 4.69) is 30.3 Å². The number of hydrogen-bond acceptors (Lipinski definition) is 2. The first-order valence-electron chi connectivity index (χ1n) is 10.2. The summed E-state index contributed by atoms with van der Waals surface area (Å²) in [5.74, 6) is 0. The molecule has 1 heterocycles. The molecule has 0 saturated carbocycles. The minimum atomic E-state index is -0.171. The maximum Gasteiger partial charge on any atom is 0.291 e. The first-order valence-corrected chi connectivity index (χ1v) is 10.2. The van der Waals surface area contributed by atoms with Crippen LogP contribution in [0.3, 0.4) is 0 Å². The Bertz CT molecular complexity index is 1410. The summed E-state index contributed by atoms with van der Waals surface area (Å²) < 4.78 is 1.40. The van der Waals surface area contributed by atoms with E-state index in [0.717, 1.165) is 38.9 Å². The summed E-state index contributed by atoms with van der Waals surface area (Å²) >= 11 is 0. The molecule has 0 amide bonds. The second-order valence-corrected chi connectivity index (χ2v) is 7.36. The fourth-order valence-electron chi connectivity index (χ4n) is 4.12. The SMILES string of the molecule is COn1c(-c2ccccc2)c(-c2ccccc2)c2cc(-c3ccccc3)ccc2c1=O. The highest BCUT2D eigenvalue weighted by molar-refractivity contribution is 6.04. The van der Waals surface area contributed by atoms with Crippen LogP contribution in [0.5, 0.6) is 0 Å². The van der Waals surface area contributed by atoms with Crippen molar-refractivity contribution in [3.05, 3.63) is 120 Å². The van der Waals surface area contributed by atoms with Gasteiger partial charge in [0.05, 0.1) is 11.1 Å². The highest BCUT2D eigenvalue weighted by Crippen LogP contribution is 2.38.